The van der Waals surface area contributed by atoms with E-state index >= 15 is 0 Å². The molecule has 5 heteroatoms. The number of hydrogen-bond donors (Lipinski definition) is 2. The first-order chi connectivity index (χ1) is 11.4. The number of thioether (sulfide) groups is 1. The maximum atomic E-state index is 12.0. The SMILES string of the molecule is Cc1ccc(SCCC(=O)Nc2cccc(CC(=O)O)c2)cc1C. The van der Waals surface area contributed by atoms with Gasteiger partial charge < -0.3 is 10.4 Å². The number of nitrogens with one attached hydrogen (secondary N) is 1. The molecule has 0 fully saturated rings. The zero-order chi connectivity index (χ0) is 17.5. The summed E-state index contributed by atoms with van der Waals surface area (Å²) in [5.74, 6) is -0.259. The first-order valence-electron chi connectivity index (χ1n) is 7.74. The monoisotopic (exact) mass is 343 g/mol. The highest BCUT2D eigenvalue weighted by atomic mass is 32.2. The van der Waals surface area contributed by atoms with Gasteiger partial charge in [0.25, 0.3) is 0 Å². The quantitative estimate of drug-likeness (QED) is 0.744. The van der Waals surface area contributed by atoms with E-state index in [1.54, 1.807) is 36.0 Å². The van der Waals surface area contributed by atoms with Crippen LogP contribution >= 0.6 is 11.8 Å². The molecule has 0 saturated carbocycles. The summed E-state index contributed by atoms with van der Waals surface area (Å²) in [6.45, 7) is 4.16. The Labute approximate surface area is 146 Å². The molecule has 2 aromatic carbocycles. The van der Waals surface area contributed by atoms with Crippen molar-refractivity contribution in [1.82, 2.24) is 0 Å². The molecule has 0 aromatic heterocycles. The van der Waals surface area contributed by atoms with Crippen molar-refractivity contribution in [2.24, 2.45) is 0 Å². The van der Waals surface area contributed by atoms with E-state index < -0.39 is 5.97 Å². The van der Waals surface area contributed by atoms with Gasteiger partial charge in [-0.3, -0.25) is 9.59 Å². The second-order valence-corrected chi connectivity index (χ2v) is 6.83. The molecule has 0 spiro atoms. The summed E-state index contributed by atoms with van der Waals surface area (Å²) >= 11 is 1.66. The van der Waals surface area contributed by atoms with Crippen molar-refractivity contribution in [2.75, 3.05) is 11.1 Å². The lowest BCUT2D eigenvalue weighted by Gasteiger charge is -2.07. The molecule has 0 bridgehead atoms. The summed E-state index contributed by atoms with van der Waals surface area (Å²) in [5, 5.41) is 11.6. The average molecular weight is 343 g/mol. The van der Waals surface area contributed by atoms with E-state index in [4.69, 9.17) is 5.11 Å². The zero-order valence-electron chi connectivity index (χ0n) is 13.8. The minimum Gasteiger partial charge on any atom is -0.481 e. The molecule has 0 aliphatic rings. The van der Waals surface area contributed by atoms with Gasteiger partial charge in [0.05, 0.1) is 6.42 Å². The molecule has 0 heterocycles. The third kappa shape index (κ3) is 5.74. The fourth-order valence-electron chi connectivity index (χ4n) is 2.22. The van der Waals surface area contributed by atoms with Crippen molar-refractivity contribution >= 4 is 29.3 Å². The Morgan fingerprint density at radius 2 is 1.88 bits per heavy atom. The van der Waals surface area contributed by atoms with Crippen LogP contribution < -0.4 is 5.32 Å². The molecule has 2 N–H and O–H groups in total. The number of aryl methyl sites for hydroxylation is 2. The molecule has 126 valence electrons. The fraction of sp³-hybridized carbons (Fsp3) is 0.263. The van der Waals surface area contributed by atoms with E-state index in [1.165, 1.54) is 11.1 Å². The summed E-state index contributed by atoms with van der Waals surface area (Å²) in [6, 6.07) is 13.2. The maximum absolute atomic E-state index is 12.0. The number of carbonyl (C=O) groups is 2. The Balaban J connectivity index is 1.82. The molecule has 1 amide bonds. The minimum absolute atomic E-state index is 0.0493. The average Bonchev–Trinajstić information content (AvgIpc) is 2.50. The van der Waals surface area contributed by atoms with Crippen LogP contribution in [0.3, 0.4) is 0 Å². The van der Waals surface area contributed by atoms with Crippen LogP contribution in [0.1, 0.15) is 23.1 Å². The number of carboxylic acids is 1. The van der Waals surface area contributed by atoms with Crippen LogP contribution in [0.25, 0.3) is 0 Å². The molecule has 0 aliphatic heterocycles. The summed E-state index contributed by atoms with van der Waals surface area (Å²) in [7, 11) is 0. The Kier molecular flexibility index (Phi) is 6.44. The summed E-state index contributed by atoms with van der Waals surface area (Å²) in [6.07, 6.45) is 0.354. The van der Waals surface area contributed by atoms with Gasteiger partial charge in [0, 0.05) is 22.8 Å². The minimum atomic E-state index is -0.886. The van der Waals surface area contributed by atoms with Crippen molar-refractivity contribution in [3.8, 4) is 0 Å². The van der Waals surface area contributed by atoms with Crippen LogP contribution in [0.5, 0.6) is 0 Å². The van der Waals surface area contributed by atoms with Crippen LogP contribution in [0.2, 0.25) is 0 Å². The molecule has 0 saturated heterocycles. The van der Waals surface area contributed by atoms with Crippen LogP contribution in [-0.4, -0.2) is 22.7 Å². The van der Waals surface area contributed by atoms with Gasteiger partial charge in [-0.2, -0.15) is 0 Å². The largest absolute Gasteiger partial charge is 0.481 e. The van der Waals surface area contributed by atoms with E-state index in [0.717, 1.165) is 4.90 Å². The summed E-state index contributed by atoms with van der Waals surface area (Å²) in [5.41, 5.74) is 3.82. The van der Waals surface area contributed by atoms with Gasteiger partial charge in [0.2, 0.25) is 5.91 Å². The third-order valence-electron chi connectivity index (χ3n) is 3.64. The standard InChI is InChI=1S/C19H21NO3S/c1-13-6-7-17(10-14(13)2)24-9-8-18(21)20-16-5-3-4-15(11-16)12-19(22)23/h3-7,10-11H,8-9,12H2,1-2H3,(H,20,21)(H,22,23). The number of aliphatic carboxylic acids is 1. The fourth-order valence-corrected chi connectivity index (χ4v) is 3.17. The first kappa shape index (κ1) is 18.1. The van der Waals surface area contributed by atoms with Crippen LogP contribution in [0.15, 0.2) is 47.4 Å². The van der Waals surface area contributed by atoms with Crippen molar-refractivity contribution in [3.63, 3.8) is 0 Å². The van der Waals surface area contributed by atoms with Crippen molar-refractivity contribution in [2.45, 2.75) is 31.6 Å². The Bertz CT molecular complexity index is 743. The lowest BCUT2D eigenvalue weighted by molar-refractivity contribution is -0.136. The predicted octanol–water partition coefficient (Wildman–Crippen LogP) is 4.05. The highest BCUT2D eigenvalue weighted by molar-refractivity contribution is 7.99. The summed E-state index contributed by atoms with van der Waals surface area (Å²) < 4.78 is 0. The molecular weight excluding hydrogens is 322 g/mol. The van der Waals surface area contributed by atoms with E-state index in [-0.39, 0.29) is 12.3 Å². The van der Waals surface area contributed by atoms with Crippen LogP contribution in [-0.2, 0) is 16.0 Å². The number of anilines is 1. The smallest absolute Gasteiger partial charge is 0.307 e. The van der Waals surface area contributed by atoms with E-state index in [0.29, 0.717) is 23.4 Å². The van der Waals surface area contributed by atoms with Crippen molar-refractivity contribution in [1.29, 1.82) is 0 Å². The highest BCUT2D eigenvalue weighted by Crippen LogP contribution is 2.22. The Morgan fingerprint density at radius 3 is 2.58 bits per heavy atom. The number of benzene rings is 2. The van der Waals surface area contributed by atoms with Gasteiger partial charge in [-0.15, -0.1) is 11.8 Å². The lowest BCUT2D eigenvalue weighted by Crippen LogP contribution is -2.12. The maximum Gasteiger partial charge on any atom is 0.307 e. The molecule has 0 unspecified atom stereocenters. The second kappa shape index (κ2) is 8.55. The Hall–Kier alpha value is -2.27. The molecular formula is C19H21NO3S. The van der Waals surface area contributed by atoms with Gasteiger partial charge in [-0.05, 0) is 54.8 Å². The van der Waals surface area contributed by atoms with Gasteiger partial charge in [0.15, 0.2) is 0 Å². The molecule has 0 atom stereocenters. The molecule has 0 radical (unpaired) electrons. The molecule has 4 nitrogen and oxygen atoms in total. The molecule has 2 aromatic rings. The Morgan fingerprint density at radius 1 is 1.08 bits per heavy atom. The number of rotatable bonds is 7. The van der Waals surface area contributed by atoms with E-state index in [1.807, 2.05) is 0 Å². The van der Waals surface area contributed by atoms with Gasteiger partial charge in [-0.1, -0.05) is 18.2 Å². The number of carboxylic acid groups (broad SMARTS) is 1. The second-order valence-electron chi connectivity index (χ2n) is 5.66. The first-order valence-corrected chi connectivity index (χ1v) is 8.73. The van der Waals surface area contributed by atoms with E-state index in [2.05, 4.69) is 37.4 Å². The van der Waals surface area contributed by atoms with Gasteiger partial charge in [-0.25, -0.2) is 0 Å². The topological polar surface area (TPSA) is 66.4 Å². The third-order valence-corrected chi connectivity index (χ3v) is 4.64. The molecule has 0 aliphatic carbocycles. The van der Waals surface area contributed by atoms with Crippen LogP contribution in [0, 0.1) is 13.8 Å². The van der Waals surface area contributed by atoms with Gasteiger partial charge in [0.1, 0.15) is 0 Å². The molecule has 24 heavy (non-hydrogen) atoms. The van der Waals surface area contributed by atoms with Crippen molar-refractivity contribution < 1.29 is 14.7 Å². The predicted molar refractivity (Wildman–Crippen MR) is 97.7 cm³/mol. The van der Waals surface area contributed by atoms with E-state index in [9.17, 15) is 9.59 Å². The zero-order valence-corrected chi connectivity index (χ0v) is 14.7. The highest BCUT2D eigenvalue weighted by Gasteiger charge is 2.06. The number of carbonyl (C=O) groups excluding carboxylic acids is 1. The molecule has 2 rings (SSSR count). The number of hydrogen-bond acceptors (Lipinski definition) is 3. The van der Waals surface area contributed by atoms with Crippen molar-refractivity contribution in [3.05, 3.63) is 59.2 Å². The lowest BCUT2D eigenvalue weighted by atomic mass is 10.1. The summed E-state index contributed by atoms with van der Waals surface area (Å²) in [4.78, 5) is 23.9. The normalized spacial score (nSPS) is 10.4. The number of amides is 1. The van der Waals surface area contributed by atoms with Crippen LogP contribution in [0.4, 0.5) is 5.69 Å². The van der Waals surface area contributed by atoms with Gasteiger partial charge >= 0.3 is 5.97 Å².